The Morgan fingerprint density at radius 3 is 2.48 bits per heavy atom. The van der Waals surface area contributed by atoms with Gasteiger partial charge in [0.1, 0.15) is 5.82 Å². The molecule has 1 aromatic heterocycles. The zero-order valence-electron chi connectivity index (χ0n) is 11.2. The molecular weight excluding hydrogens is 267 g/mol. The molecule has 3 rings (SSSR count). The van der Waals surface area contributed by atoms with Gasteiger partial charge in [-0.25, -0.2) is 4.39 Å². The molecule has 21 heavy (non-hydrogen) atoms. The summed E-state index contributed by atoms with van der Waals surface area (Å²) in [4.78, 5) is 12.2. The summed E-state index contributed by atoms with van der Waals surface area (Å²) in [6.45, 7) is 0. The second-order valence-corrected chi connectivity index (χ2v) is 4.57. The quantitative estimate of drug-likeness (QED) is 0.776. The molecule has 2 aromatic carbocycles. The van der Waals surface area contributed by atoms with Gasteiger partial charge in [-0.15, -0.1) is 0 Å². The summed E-state index contributed by atoms with van der Waals surface area (Å²) in [6.07, 6.45) is 3.79. The summed E-state index contributed by atoms with van der Waals surface area (Å²) in [5.74, 6) is -0.790. The molecule has 0 radical (unpaired) electrons. The summed E-state index contributed by atoms with van der Waals surface area (Å²) in [5.41, 5.74) is 1.53. The minimum Gasteiger partial charge on any atom is -0.324 e. The molecule has 4 heteroatoms. The SMILES string of the molecule is O=C(Nc1ccccc1F)c1cccc(-n2cccc2)c1. The van der Waals surface area contributed by atoms with Crippen molar-refractivity contribution in [2.24, 2.45) is 0 Å². The van der Waals surface area contributed by atoms with Crippen LogP contribution in [-0.4, -0.2) is 10.5 Å². The number of amides is 1. The van der Waals surface area contributed by atoms with Gasteiger partial charge in [0.25, 0.3) is 5.91 Å². The minimum atomic E-state index is -0.451. The Morgan fingerprint density at radius 2 is 1.71 bits per heavy atom. The Kier molecular flexibility index (Phi) is 3.51. The van der Waals surface area contributed by atoms with Gasteiger partial charge in [0.05, 0.1) is 5.69 Å². The van der Waals surface area contributed by atoms with E-state index in [9.17, 15) is 9.18 Å². The van der Waals surface area contributed by atoms with Crippen molar-refractivity contribution in [3.05, 3.63) is 84.4 Å². The van der Waals surface area contributed by atoms with Crippen LogP contribution in [0.1, 0.15) is 10.4 Å². The minimum absolute atomic E-state index is 0.175. The largest absolute Gasteiger partial charge is 0.324 e. The van der Waals surface area contributed by atoms with Crippen molar-refractivity contribution in [2.75, 3.05) is 5.32 Å². The molecule has 0 saturated carbocycles. The van der Waals surface area contributed by atoms with Crippen molar-refractivity contribution >= 4 is 11.6 Å². The lowest BCUT2D eigenvalue weighted by molar-refractivity contribution is 0.102. The molecule has 3 nitrogen and oxygen atoms in total. The molecular formula is C17H13FN2O. The van der Waals surface area contributed by atoms with E-state index in [1.54, 1.807) is 30.3 Å². The number of halogens is 1. The maximum atomic E-state index is 13.5. The first-order chi connectivity index (χ1) is 10.2. The van der Waals surface area contributed by atoms with Crippen LogP contribution in [0.3, 0.4) is 0 Å². The number of hydrogen-bond donors (Lipinski definition) is 1. The summed E-state index contributed by atoms with van der Waals surface area (Å²) in [6, 6.07) is 17.1. The van der Waals surface area contributed by atoms with Crippen molar-refractivity contribution in [3.8, 4) is 5.69 Å². The third-order valence-electron chi connectivity index (χ3n) is 3.13. The van der Waals surface area contributed by atoms with Crippen molar-refractivity contribution in [1.29, 1.82) is 0 Å². The van der Waals surface area contributed by atoms with Gasteiger partial charge in [-0.3, -0.25) is 4.79 Å². The van der Waals surface area contributed by atoms with Gasteiger partial charge in [0.15, 0.2) is 0 Å². The monoisotopic (exact) mass is 280 g/mol. The van der Waals surface area contributed by atoms with E-state index in [0.29, 0.717) is 5.56 Å². The van der Waals surface area contributed by atoms with E-state index in [-0.39, 0.29) is 11.6 Å². The van der Waals surface area contributed by atoms with Crippen LogP contribution in [0.15, 0.2) is 73.1 Å². The molecule has 0 unspecified atom stereocenters. The Balaban J connectivity index is 1.85. The molecule has 0 aliphatic heterocycles. The second kappa shape index (κ2) is 5.63. The molecule has 104 valence electrons. The van der Waals surface area contributed by atoms with Crippen LogP contribution in [0.2, 0.25) is 0 Å². The van der Waals surface area contributed by atoms with Gasteiger partial charge in [0.2, 0.25) is 0 Å². The fourth-order valence-electron chi connectivity index (χ4n) is 2.07. The highest BCUT2D eigenvalue weighted by Gasteiger charge is 2.09. The third kappa shape index (κ3) is 2.84. The van der Waals surface area contributed by atoms with Gasteiger partial charge < -0.3 is 9.88 Å². The number of rotatable bonds is 3. The lowest BCUT2D eigenvalue weighted by Gasteiger charge is -2.08. The number of benzene rings is 2. The summed E-state index contributed by atoms with van der Waals surface area (Å²) >= 11 is 0. The average Bonchev–Trinajstić information content (AvgIpc) is 3.04. The molecule has 1 heterocycles. The molecule has 0 aliphatic carbocycles. The van der Waals surface area contributed by atoms with Gasteiger partial charge in [0, 0.05) is 23.6 Å². The number of hydrogen-bond acceptors (Lipinski definition) is 1. The molecule has 0 fully saturated rings. The standard InChI is InChI=1S/C17H13FN2O/c18-15-8-1-2-9-16(15)19-17(21)13-6-5-7-14(12-13)20-10-3-4-11-20/h1-12H,(H,19,21). The predicted octanol–water partition coefficient (Wildman–Crippen LogP) is 3.87. The summed E-state index contributed by atoms with van der Waals surface area (Å²) in [5, 5.41) is 2.58. The number of anilines is 1. The van der Waals surface area contributed by atoms with Gasteiger partial charge >= 0.3 is 0 Å². The summed E-state index contributed by atoms with van der Waals surface area (Å²) in [7, 11) is 0. The predicted molar refractivity (Wildman–Crippen MR) is 80.1 cm³/mol. The molecule has 1 N–H and O–H groups in total. The van der Waals surface area contributed by atoms with Gasteiger partial charge in [-0.2, -0.15) is 0 Å². The number of nitrogens with zero attached hydrogens (tertiary/aromatic N) is 1. The highest BCUT2D eigenvalue weighted by molar-refractivity contribution is 6.04. The lowest BCUT2D eigenvalue weighted by Crippen LogP contribution is -2.13. The Morgan fingerprint density at radius 1 is 0.952 bits per heavy atom. The van der Waals surface area contributed by atoms with E-state index in [1.165, 1.54) is 12.1 Å². The normalized spacial score (nSPS) is 10.3. The number of aromatic nitrogens is 1. The highest BCUT2D eigenvalue weighted by Crippen LogP contribution is 2.16. The number of nitrogens with one attached hydrogen (secondary N) is 1. The van der Waals surface area contributed by atoms with Crippen molar-refractivity contribution in [2.45, 2.75) is 0 Å². The van der Waals surface area contributed by atoms with Gasteiger partial charge in [-0.05, 0) is 42.5 Å². The first kappa shape index (κ1) is 13.1. The first-order valence-electron chi connectivity index (χ1n) is 6.53. The van der Waals surface area contributed by atoms with E-state index in [4.69, 9.17) is 0 Å². The Bertz CT molecular complexity index is 766. The Labute approximate surface area is 121 Å². The van der Waals surface area contributed by atoms with Crippen LogP contribution in [0.25, 0.3) is 5.69 Å². The molecule has 0 atom stereocenters. The number of carbonyl (C=O) groups is 1. The zero-order chi connectivity index (χ0) is 14.7. The second-order valence-electron chi connectivity index (χ2n) is 4.57. The maximum Gasteiger partial charge on any atom is 0.255 e. The molecule has 0 aliphatic rings. The lowest BCUT2D eigenvalue weighted by atomic mass is 10.1. The molecule has 1 amide bonds. The van der Waals surface area contributed by atoms with E-state index < -0.39 is 5.82 Å². The number of para-hydroxylation sites is 1. The molecule has 0 spiro atoms. The van der Waals surface area contributed by atoms with Gasteiger partial charge in [-0.1, -0.05) is 18.2 Å². The van der Waals surface area contributed by atoms with E-state index in [0.717, 1.165) is 5.69 Å². The van der Waals surface area contributed by atoms with E-state index in [2.05, 4.69) is 5.32 Å². The fraction of sp³-hybridized carbons (Fsp3) is 0. The average molecular weight is 280 g/mol. The van der Waals surface area contributed by atoms with Crippen LogP contribution in [0.5, 0.6) is 0 Å². The number of carbonyl (C=O) groups excluding carboxylic acids is 1. The van der Waals surface area contributed by atoms with Crippen LogP contribution >= 0.6 is 0 Å². The maximum absolute atomic E-state index is 13.5. The fourth-order valence-corrected chi connectivity index (χ4v) is 2.07. The highest BCUT2D eigenvalue weighted by atomic mass is 19.1. The van der Waals surface area contributed by atoms with Crippen molar-refractivity contribution < 1.29 is 9.18 Å². The molecule has 3 aromatic rings. The van der Waals surface area contributed by atoms with Crippen LogP contribution in [0, 0.1) is 5.82 Å². The Hall–Kier alpha value is -2.88. The molecule has 0 saturated heterocycles. The van der Waals surface area contributed by atoms with E-state index in [1.807, 2.05) is 35.2 Å². The van der Waals surface area contributed by atoms with Crippen LogP contribution in [0.4, 0.5) is 10.1 Å². The van der Waals surface area contributed by atoms with Crippen LogP contribution < -0.4 is 5.32 Å². The smallest absolute Gasteiger partial charge is 0.255 e. The molecule has 0 bridgehead atoms. The topological polar surface area (TPSA) is 34.0 Å². The van der Waals surface area contributed by atoms with Crippen molar-refractivity contribution in [3.63, 3.8) is 0 Å². The first-order valence-corrected chi connectivity index (χ1v) is 6.53. The van der Waals surface area contributed by atoms with E-state index >= 15 is 0 Å². The van der Waals surface area contributed by atoms with Crippen molar-refractivity contribution in [1.82, 2.24) is 4.57 Å². The third-order valence-corrected chi connectivity index (χ3v) is 3.13. The van der Waals surface area contributed by atoms with Crippen LogP contribution in [-0.2, 0) is 0 Å². The summed E-state index contributed by atoms with van der Waals surface area (Å²) < 4.78 is 15.5. The zero-order valence-corrected chi connectivity index (χ0v) is 11.2.